The third-order valence-electron chi connectivity index (χ3n) is 13.8. The molecule has 1 unspecified atom stereocenters. The number of para-hydroxylation sites is 1. The van der Waals surface area contributed by atoms with Crippen LogP contribution in [0.1, 0.15) is 41.6 Å². The quantitative estimate of drug-likeness (QED) is 0.216. The van der Waals surface area contributed by atoms with Crippen molar-refractivity contribution in [2.45, 2.75) is 50.4 Å². The topological polar surface area (TPSA) is 179 Å². The van der Waals surface area contributed by atoms with Crippen LogP contribution in [0.25, 0.3) is 28.5 Å². The summed E-state index contributed by atoms with van der Waals surface area (Å²) in [6.45, 7) is 8.61. The van der Waals surface area contributed by atoms with Crippen molar-refractivity contribution in [1.82, 2.24) is 49.6 Å². The zero-order chi connectivity index (χ0) is 43.5. The molecule has 1 atom stereocenters. The Labute approximate surface area is 370 Å². The molecule has 328 valence electrons. The molecule has 5 amide bonds. The average molecular weight is 863 g/mol. The molecular formula is C47H50N12O5. The van der Waals surface area contributed by atoms with E-state index in [2.05, 4.69) is 42.3 Å². The average Bonchev–Trinajstić information content (AvgIpc) is 3.81. The zero-order valence-corrected chi connectivity index (χ0v) is 35.5. The molecule has 17 nitrogen and oxygen atoms in total. The Morgan fingerprint density at radius 3 is 2.28 bits per heavy atom. The Balaban J connectivity index is 0.658. The summed E-state index contributed by atoms with van der Waals surface area (Å²) in [6, 6.07) is 23.6. The number of nitrogen functional groups attached to an aromatic ring is 1. The lowest BCUT2D eigenvalue weighted by Gasteiger charge is -2.52. The van der Waals surface area contributed by atoms with E-state index in [9.17, 15) is 19.2 Å². The van der Waals surface area contributed by atoms with E-state index in [0.717, 1.165) is 107 Å². The van der Waals surface area contributed by atoms with Crippen molar-refractivity contribution in [2.24, 2.45) is 0 Å². The number of likely N-dealkylation sites (tertiary alicyclic amines) is 3. The number of ether oxygens (including phenoxy) is 1. The molecule has 2 aromatic heterocycles. The van der Waals surface area contributed by atoms with Crippen LogP contribution in [0.4, 0.5) is 16.3 Å². The second kappa shape index (κ2) is 16.4. The number of hydrogen-bond donors (Lipinski definition) is 2. The van der Waals surface area contributed by atoms with Crippen LogP contribution in [-0.2, 0) is 16.1 Å². The smallest absolute Gasteiger partial charge is 0.320 e. The summed E-state index contributed by atoms with van der Waals surface area (Å²) in [6.07, 6.45) is 6.14. The lowest BCUT2D eigenvalue weighted by molar-refractivity contribution is -0.136. The number of nitrogens with zero attached hydrogens (tertiary/aromatic N) is 10. The molecule has 6 aliphatic rings. The number of hydrogen-bond acceptors (Lipinski definition) is 12. The summed E-state index contributed by atoms with van der Waals surface area (Å²) in [4.78, 5) is 72.6. The predicted octanol–water partition coefficient (Wildman–Crippen LogP) is 3.88. The molecule has 0 spiro atoms. The van der Waals surface area contributed by atoms with E-state index in [1.807, 2.05) is 81.2 Å². The molecular weight excluding hydrogens is 813 g/mol. The first-order valence-electron chi connectivity index (χ1n) is 22.3. The molecule has 11 rings (SSSR count). The van der Waals surface area contributed by atoms with Gasteiger partial charge in [-0.05, 0) is 91.5 Å². The van der Waals surface area contributed by atoms with Gasteiger partial charge in [-0.25, -0.2) is 19.4 Å². The van der Waals surface area contributed by atoms with Gasteiger partial charge in [0.2, 0.25) is 11.8 Å². The molecule has 0 radical (unpaired) electrons. The summed E-state index contributed by atoms with van der Waals surface area (Å²) in [5.41, 5.74) is 12.6. The van der Waals surface area contributed by atoms with Gasteiger partial charge in [0.05, 0.1) is 5.39 Å². The van der Waals surface area contributed by atoms with Crippen molar-refractivity contribution in [3.8, 4) is 22.8 Å². The first-order valence-corrected chi connectivity index (χ1v) is 22.3. The SMILES string of the molecule is Nc1ncnc2c1c(-c1ccc(Oc3ccccc3)cc1)nn2C=C1CCCN(C2CN(C(=O)N3CC(N4CCN(c5ccc6c(c5)CN(C5CCC(=O)NC5=O)C6=O)CC4)C3)C2)C1. The predicted molar refractivity (Wildman–Crippen MR) is 239 cm³/mol. The second-order valence-corrected chi connectivity index (χ2v) is 17.7. The summed E-state index contributed by atoms with van der Waals surface area (Å²) >= 11 is 0. The third kappa shape index (κ3) is 7.47. The molecule has 0 saturated carbocycles. The van der Waals surface area contributed by atoms with Gasteiger partial charge in [0.15, 0.2) is 5.65 Å². The van der Waals surface area contributed by atoms with Crippen LogP contribution in [0, 0.1) is 0 Å². The van der Waals surface area contributed by atoms with Crippen molar-refractivity contribution in [1.29, 1.82) is 0 Å². The molecule has 64 heavy (non-hydrogen) atoms. The van der Waals surface area contributed by atoms with Crippen molar-refractivity contribution in [3.63, 3.8) is 0 Å². The summed E-state index contributed by atoms with van der Waals surface area (Å²) < 4.78 is 7.84. The Bertz CT molecular complexity index is 2670. The summed E-state index contributed by atoms with van der Waals surface area (Å²) in [5.74, 6) is 1.04. The van der Waals surface area contributed by atoms with Gasteiger partial charge < -0.3 is 30.1 Å². The number of piperazine rings is 1. The number of piperidine rings is 2. The molecule has 0 aliphatic carbocycles. The Hall–Kier alpha value is -6.85. The van der Waals surface area contributed by atoms with E-state index >= 15 is 0 Å². The number of anilines is 2. The number of aromatic nitrogens is 4. The van der Waals surface area contributed by atoms with Gasteiger partial charge in [-0.2, -0.15) is 5.10 Å². The number of rotatable bonds is 8. The van der Waals surface area contributed by atoms with E-state index in [1.54, 1.807) is 4.90 Å². The van der Waals surface area contributed by atoms with Gasteiger partial charge in [0.1, 0.15) is 35.4 Å². The first kappa shape index (κ1) is 40.0. The standard InChI is InChI=1S/C47H50N12O5/c48-43-41-42(31-8-11-37(12-9-31)64-36-6-2-1-3-7-36)52-59(44(41)50-29-49-43)23-30-5-4-16-55(22-30)35-27-57(28-35)47(63)56-25-34(26-56)54-19-17-53(18-20-54)33-10-13-38-32(21-33)24-58(46(38)62)39-14-15-40(60)51-45(39)61/h1-3,6-13,21,23,29,34-35,39H,4-5,14-20,22,24-28H2,(H2,48,49,50)(H,51,60,61). The van der Waals surface area contributed by atoms with E-state index in [4.69, 9.17) is 15.6 Å². The second-order valence-electron chi connectivity index (χ2n) is 17.7. The minimum atomic E-state index is -0.617. The normalized spacial score (nSPS) is 21.9. The number of imide groups is 1. The fraction of sp³-hybridized carbons (Fsp3) is 0.383. The van der Waals surface area contributed by atoms with Crippen LogP contribution in [0.3, 0.4) is 0 Å². The maximum atomic E-state index is 13.5. The van der Waals surface area contributed by atoms with E-state index in [-0.39, 0.29) is 24.3 Å². The molecule has 3 N–H and O–H groups in total. The zero-order valence-electron chi connectivity index (χ0n) is 35.5. The lowest BCUT2D eigenvalue weighted by atomic mass is 9.99. The molecule has 17 heteroatoms. The van der Waals surface area contributed by atoms with Gasteiger partial charge in [-0.15, -0.1) is 0 Å². The molecule has 3 aromatic carbocycles. The van der Waals surface area contributed by atoms with Gasteiger partial charge in [0.25, 0.3) is 5.91 Å². The minimum Gasteiger partial charge on any atom is -0.457 e. The molecule has 6 aliphatic heterocycles. The highest BCUT2D eigenvalue weighted by Gasteiger charge is 2.43. The third-order valence-corrected chi connectivity index (χ3v) is 13.8. The fourth-order valence-corrected chi connectivity index (χ4v) is 10.1. The van der Waals surface area contributed by atoms with Gasteiger partial charge >= 0.3 is 6.03 Å². The van der Waals surface area contributed by atoms with Crippen LogP contribution >= 0.6 is 0 Å². The van der Waals surface area contributed by atoms with E-state index < -0.39 is 11.9 Å². The number of nitrogens with one attached hydrogen (secondary N) is 1. The molecule has 5 fully saturated rings. The van der Waals surface area contributed by atoms with Crippen molar-refractivity contribution in [2.75, 3.05) is 76.1 Å². The molecule has 0 bridgehead atoms. The van der Waals surface area contributed by atoms with Gasteiger partial charge in [-0.1, -0.05) is 18.2 Å². The number of nitrogens with two attached hydrogens (primary N) is 1. The Kier molecular flexibility index (Phi) is 10.2. The monoisotopic (exact) mass is 862 g/mol. The van der Waals surface area contributed by atoms with E-state index in [0.29, 0.717) is 53.2 Å². The molecule has 8 heterocycles. The van der Waals surface area contributed by atoms with Crippen LogP contribution < -0.4 is 20.7 Å². The highest BCUT2D eigenvalue weighted by molar-refractivity contribution is 6.05. The van der Waals surface area contributed by atoms with Crippen LogP contribution in [0.5, 0.6) is 11.5 Å². The van der Waals surface area contributed by atoms with Crippen LogP contribution in [-0.4, -0.2) is 152 Å². The maximum absolute atomic E-state index is 13.5. The molecule has 5 saturated heterocycles. The number of urea groups is 1. The lowest BCUT2D eigenvalue weighted by Crippen LogP contribution is -2.70. The van der Waals surface area contributed by atoms with E-state index in [1.165, 1.54) is 11.9 Å². The summed E-state index contributed by atoms with van der Waals surface area (Å²) in [7, 11) is 0. The van der Waals surface area contributed by atoms with Crippen molar-refractivity contribution < 1.29 is 23.9 Å². The maximum Gasteiger partial charge on any atom is 0.320 e. The minimum absolute atomic E-state index is 0.130. The molecule has 5 aromatic rings. The number of benzene rings is 3. The number of carbonyl (C=O) groups is 4. The van der Waals surface area contributed by atoms with Crippen molar-refractivity contribution in [3.05, 3.63) is 95.8 Å². The number of amides is 5. The highest BCUT2D eigenvalue weighted by atomic mass is 16.5. The van der Waals surface area contributed by atoms with Crippen LogP contribution in [0.2, 0.25) is 0 Å². The number of fused-ring (bicyclic) bond motifs is 2. The Morgan fingerprint density at radius 2 is 1.53 bits per heavy atom. The largest absolute Gasteiger partial charge is 0.457 e. The van der Waals surface area contributed by atoms with Crippen molar-refractivity contribution >= 4 is 52.5 Å². The highest BCUT2D eigenvalue weighted by Crippen LogP contribution is 2.35. The van der Waals surface area contributed by atoms with Crippen LogP contribution in [0.15, 0.2) is 84.7 Å². The first-order chi connectivity index (χ1) is 31.2. The Morgan fingerprint density at radius 1 is 0.797 bits per heavy atom. The van der Waals surface area contributed by atoms with Gasteiger partial charge in [0, 0.05) is 107 Å². The number of carbonyl (C=O) groups excluding carboxylic acids is 4. The summed E-state index contributed by atoms with van der Waals surface area (Å²) in [5, 5.41) is 8.08. The van der Waals surface area contributed by atoms with Gasteiger partial charge in [-0.3, -0.25) is 29.5 Å². The fourth-order valence-electron chi connectivity index (χ4n) is 10.1.